The Balaban J connectivity index is 1.92. The van der Waals surface area contributed by atoms with Gasteiger partial charge in [0.15, 0.2) is 0 Å². The Bertz CT molecular complexity index is 645. The molecule has 108 valence electrons. The zero-order valence-corrected chi connectivity index (χ0v) is 12.3. The molecule has 0 bridgehead atoms. The Labute approximate surface area is 118 Å². The molecule has 0 saturated carbocycles. The van der Waals surface area contributed by atoms with E-state index in [1.54, 1.807) is 0 Å². The van der Waals surface area contributed by atoms with Crippen molar-refractivity contribution in [3.8, 4) is 0 Å². The molecule has 0 aliphatic carbocycles. The van der Waals surface area contributed by atoms with E-state index in [-0.39, 0.29) is 13.1 Å². The second-order valence-corrected chi connectivity index (χ2v) is 6.13. The third-order valence-corrected chi connectivity index (χ3v) is 4.08. The van der Waals surface area contributed by atoms with Crippen molar-refractivity contribution in [2.45, 2.75) is 26.9 Å². The largest absolute Gasteiger partial charge is 0.282 e. The summed E-state index contributed by atoms with van der Waals surface area (Å²) in [5.41, 5.74) is 3.45. The van der Waals surface area contributed by atoms with Crippen LogP contribution in [-0.2, 0) is 23.3 Å². The molecule has 0 aliphatic heterocycles. The van der Waals surface area contributed by atoms with Crippen molar-refractivity contribution in [2.75, 3.05) is 0 Å². The average Bonchev–Trinajstić information content (AvgIpc) is 2.75. The molecule has 0 radical (unpaired) electrons. The van der Waals surface area contributed by atoms with Crippen LogP contribution in [0.1, 0.15) is 22.5 Å². The van der Waals surface area contributed by atoms with Gasteiger partial charge in [-0.25, -0.2) is 0 Å². The van der Waals surface area contributed by atoms with Crippen molar-refractivity contribution in [1.82, 2.24) is 19.6 Å². The number of aromatic nitrogens is 2. The Hall–Kier alpha value is -1.70. The van der Waals surface area contributed by atoms with Gasteiger partial charge in [0.1, 0.15) is 0 Å². The minimum Gasteiger partial charge on any atom is -0.282 e. The average molecular weight is 294 g/mol. The second kappa shape index (κ2) is 6.17. The highest BCUT2D eigenvalue weighted by molar-refractivity contribution is 7.87. The van der Waals surface area contributed by atoms with E-state index in [4.69, 9.17) is 0 Å². The molecule has 1 aromatic carbocycles. The minimum atomic E-state index is -3.53. The van der Waals surface area contributed by atoms with Crippen LogP contribution in [-0.4, -0.2) is 18.6 Å². The lowest BCUT2D eigenvalue weighted by atomic mass is 10.2. The first kappa shape index (κ1) is 14.7. The lowest BCUT2D eigenvalue weighted by molar-refractivity contribution is 0.565. The number of rotatable bonds is 6. The van der Waals surface area contributed by atoms with E-state index in [1.807, 2.05) is 44.2 Å². The number of nitrogens with one attached hydrogen (secondary N) is 3. The number of aryl methyl sites for hydroxylation is 2. The van der Waals surface area contributed by atoms with Gasteiger partial charge in [-0.3, -0.25) is 5.10 Å². The molecule has 7 heteroatoms. The van der Waals surface area contributed by atoms with Crippen molar-refractivity contribution in [3.63, 3.8) is 0 Å². The van der Waals surface area contributed by atoms with Crippen LogP contribution >= 0.6 is 0 Å². The van der Waals surface area contributed by atoms with Gasteiger partial charge in [-0.15, -0.1) is 0 Å². The number of hydrogen-bond acceptors (Lipinski definition) is 3. The highest BCUT2D eigenvalue weighted by atomic mass is 32.2. The predicted molar refractivity (Wildman–Crippen MR) is 77.1 cm³/mol. The molecule has 2 rings (SSSR count). The Morgan fingerprint density at radius 1 is 1.10 bits per heavy atom. The third kappa shape index (κ3) is 3.89. The summed E-state index contributed by atoms with van der Waals surface area (Å²) in [4.78, 5) is 0. The van der Waals surface area contributed by atoms with Crippen molar-refractivity contribution >= 4 is 10.2 Å². The van der Waals surface area contributed by atoms with E-state index in [9.17, 15) is 8.42 Å². The SMILES string of the molecule is Cc1n[nH]c(C)c1CNS(=O)(=O)NCc1ccccc1. The van der Waals surface area contributed by atoms with Crippen LogP contribution in [0.2, 0.25) is 0 Å². The fourth-order valence-electron chi connectivity index (χ4n) is 1.83. The highest BCUT2D eigenvalue weighted by Crippen LogP contribution is 2.08. The summed E-state index contributed by atoms with van der Waals surface area (Å²) in [6.07, 6.45) is 0. The standard InChI is InChI=1S/C13H18N4O2S/c1-10-13(11(2)17-16-10)9-15-20(18,19)14-8-12-6-4-3-5-7-12/h3-7,14-15H,8-9H2,1-2H3,(H,16,17). The van der Waals surface area contributed by atoms with Gasteiger partial charge in [-0.1, -0.05) is 30.3 Å². The van der Waals surface area contributed by atoms with Crippen LogP contribution in [0.25, 0.3) is 0 Å². The number of hydrogen-bond donors (Lipinski definition) is 3. The van der Waals surface area contributed by atoms with Crippen molar-refractivity contribution < 1.29 is 8.42 Å². The monoisotopic (exact) mass is 294 g/mol. The van der Waals surface area contributed by atoms with E-state index in [0.29, 0.717) is 0 Å². The first-order chi connectivity index (χ1) is 9.48. The van der Waals surface area contributed by atoms with E-state index < -0.39 is 10.2 Å². The van der Waals surface area contributed by atoms with Gasteiger partial charge in [0, 0.05) is 24.3 Å². The molecular weight excluding hydrogens is 276 g/mol. The molecule has 0 amide bonds. The summed E-state index contributed by atoms with van der Waals surface area (Å²) >= 11 is 0. The van der Waals surface area contributed by atoms with Gasteiger partial charge in [0.05, 0.1) is 5.69 Å². The Morgan fingerprint density at radius 3 is 2.35 bits per heavy atom. The van der Waals surface area contributed by atoms with Crippen LogP contribution in [0, 0.1) is 13.8 Å². The van der Waals surface area contributed by atoms with Crippen LogP contribution in [0.15, 0.2) is 30.3 Å². The van der Waals surface area contributed by atoms with Gasteiger partial charge >= 0.3 is 0 Å². The molecule has 3 N–H and O–H groups in total. The fourth-order valence-corrected chi connectivity index (χ4v) is 2.62. The second-order valence-electron chi connectivity index (χ2n) is 4.54. The summed E-state index contributed by atoms with van der Waals surface area (Å²) in [5.74, 6) is 0. The van der Waals surface area contributed by atoms with Crippen molar-refractivity contribution in [1.29, 1.82) is 0 Å². The van der Waals surface area contributed by atoms with Gasteiger partial charge in [0.2, 0.25) is 0 Å². The quantitative estimate of drug-likeness (QED) is 0.747. The summed E-state index contributed by atoms with van der Waals surface area (Å²) < 4.78 is 28.8. The molecule has 0 spiro atoms. The van der Waals surface area contributed by atoms with E-state index in [0.717, 1.165) is 22.5 Å². The molecule has 0 unspecified atom stereocenters. The molecule has 0 saturated heterocycles. The smallest absolute Gasteiger partial charge is 0.277 e. The molecule has 1 heterocycles. The molecule has 0 aliphatic rings. The fraction of sp³-hybridized carbons (Fsp3) is 0.308. The number of aromatic amines is 1. The van der Waals surface area contributed by atoms with Crippen LogP contribution in [0.5, 0.6) is 0 Å². The molecule has 2 aromatic rings. The summed E-state index contributed by atoms with van der Waals surface area (Å²) in [7, 11) is -3.53. The minimum absolute atomic E-state index is 0.221. The number of nitrogens with zero attached hydrogens (tertiary/aromatic N) is 1. The third-order valence-electron chi connectivity index (χ3n) is 3.03. The van der Waals surface area contributed by atoms with Crippen LogP contribution in [0.4, 0.5) is 0 Å². The van der Waals surface area contributed by atoms with Gasteiger partial charge in [-0.2, -0.15) is 23.0 Å². The molecule has 20 heavy (non-hydrogen) atoms. The van der Waals surface area contributed by atoms with Crippen LogP contribution in [0.3, 0.4) is 0 Å². The molecule has 0 fully saturated rings. The topological polar surface area (TPSA) is 86.9 Å². The van der Waals surface area contributed by atoms with Crippen molar-refractivity contribution in [2.24, 2.45) is 0 Å². The van der Waals surface area contributed by atoms with E-state index >= 15 is 0 Å². The molecule has 1 aromatic heterocycles. The zero-order valence-electron chi connectivity index (χ0n) is 11.5. The molecule has 0 atom stereocenters. The first-order valence-electron chi connectivity index (χ1n) is 6.26. The van der Waals surface area contributed by atoms with E-state index in [1.165, 1.54) is 0 Å². The summed E-state index contributed by atoms with van der Waals surface area (Å²) in [5, 5.41) is 6.86. The first-order valence-corrected chi connectivity index (χ1v) is 7.75. The van der Waals surface area contributed by atoms with E-state index in [2.05, 4.69) is 19.6 Å². The number of benzene rings is 1. The maximum absolute atomic E-state index is 11.9. The predicted octanol–water partition coefficient (Wildman–Crippen LogP) is 1.15. The summed E-state index contributed by atoms with van der Waals surface area (Å²) in [6.45, 7) is 4.18. The molecular formula is C13H18N4O2S. The maximum Gasteiger partial charge on any atom is 0.277 e. The Morgan fingerprint density at radius 2 is 1.75 bits per heavy atom. The Kier molecular flexibility index (Phi) is 4.53. The van der Waals surface area contributed by atoms with Gasteiger partial charge in [0.25, 0.3) is 10.2 Å². The van der Waals surface area contributed by atoms with Crippen LogP contribution < -0.4 is 9.44 Å². The summed E-state index contributed by atoms with van der Waals surface area (Å²) in [6, 6.07) is 9.37. The lowest BCUT2D eigenvalue weighted by Gasteiger charge is -2.08. The normalized spacial score (nSPS) is 11.7. The maximum atomic E-state index is 11.9. The molecule has 6 nitrogen and oxygen atoms in total. The van der Waals surface area contributed by atoms with Gasteiger partial charge < -0.3 is 0 Å². The lowest BCUT2D eigenvalue weighted by Crippen LogP contribution is -2.35. The highest BCUT2D eigenvalue weighted by Gasteiger charge is 2.12. The van der Waals surface area contributed by atoms with Crippen molar-refractivity contribution in [3.05, 3.63) is 52.8 Å². The number of H-pyrrole nitrogens is 1. The zero-order chi connectivity index (χ0) is 14.6. The van der Waals surface area contributed by atoms with Gasteiger partial charge in [-0.05, 0) is 19.4 Å².